The summed E-state index contributed by atoms with van der Waals surface area (Å²) in [6.07, 6.45) is 68.6. The second-order valence-corrected chi connectivity index (χ2v) is 29.2. The van der Waals surface area contributed by atoms with E-state index in [-0.39, 0.29) is 18.9 Å². The van der Waals surface area contributed by atoms with Gasteiger partial charge in [0.2, 0.25) is 5.91 Å². The number of carbonyl (C=O) groups excluding carboxylic acids is 1. The molecule has 0 spiro atoms. The fourth-order valence-corrected chi connectivity index (χ4v) is 13.2. The Morgan fingerprint density at radius 1 is 0.346 bits per heavy atom. The van der Waals surface area contributed by atoms with Gasteiger partial charge in [-0.15, -0.1) is 0 Å². The third-order valence-electron chi connectivity index (χ3n) is 19.9. The molecule has 3 fully saturated rings. The molecule has 0 aromatic carbocycles. The van der Waals surface area contributed by atoms with Crippen LogP contribution in [-0.4, -0.2) is 193 Å². The maximum absolute atomic E-state index is 13.5. The highest BCUT2D eigenvalue weighted by Crippen LogP contribution is 2.33. The number of aliphatic hydroxyl groups is 11. The molecule has 0 saturated carbocycles. The zero-order valence-corrected chi connectivity index (χ0v) is 65.8. The first-order valence-corrected chi connectivity index (χ1v) is 41.9. The van der Waals surface area contributed by atoms with E-state index in [2.05, 4.69) is 141 Å². The lowest BCUT2D eigenvalue weighted by Gasteiger charge is -2.48. The van der Waals surface area contributed by atoms with E-state index in [1.807, 2.05) is 6.08 Å². The molecule has 0 aliphatic carbocycles. The van der Waals surface area contributed by atoms with Gasteiger partial charge in [0.25, 0.3) is 0 Å². The van der Waals surface area contributed by atoms with Crippen LogP contribution in [0.25, 0.3) is 0 Å². The zero-order valence-electron chi connectivity index (χ0n) is 65.8. The van der Waals surface area contributed by atoms with E-state index in [4.69, 9.17) is 28.4 Å². The summed E-state index contributed by atoms with van der Waals surface area (Å²) in [6, 6.07) is -1.01. The summed E-state index contributed by atoms with van der Waals surface area (Å²) < 4.78 is 34.4. The molecule has 19 heteroatoms. The number of allylic oxidation sites excluding steroid dienone is 21. The SMILES string of the molecule is CC/C=C\C/C=C\C/C=C\C/C=C\C/C=C\C/C=C\C/C=C\C/C=C\CCCCCCCCCCCCC(=O)NC(COC1OC(CO)C(OC2OC(CO)C(OC3OC(CO)C(O)C(O)C3O)C(O)C2O)C(O)C1O)C(O)/C=C/CC/C=C/CC/C=C/CCCCCCCCCCCCCCCCCCC. The normalized spacial score (nSPS) is 26.2. The molecular formula is C88H149NO18. The molecule has 3 rings (SSSR count). The van der Waals surface area contributed by atoms with Gasteiger partial charge in [-0.25, -0.2) is 0 Å². The quantitative estimate of drug-likeness (QED) is 0.0199. The van der Waals surface area contributed by atoms with Crippen LogP contribution in [0.4, 0.5) is 0 Å². The van der Waals surface area contributed by atoms with Crippen LogP contribution in [-0.2, 0) is 33.2 Å². The minimum Gasteiger partial charge on any atom is -0.394 e. The summed E-state index contributed by atoms with van der Waals surface area (Å²) in [5.41, 5.74) is 0. The van der Waals surface area contributed by atoms with Crippen LogP contribution < -0.4 is 5.32 Å². The molecule has 3 saturated heterocycles. The van der Waals surface area contributed by atoms with Gasteiger partial charge in [0.05, 0.1) is 38.6 Å². The molecule has 12 N–H and O–H groups in total. The molecular weight excluding hydrogens is 1360 g/mol. The van der Waals surface area contributed by atoms with E-state index in [0.717, 1.165) is 109 Å². The molecule has 3 heterocycles. The van der Waals surface area contributed by atoms with E-state index in [9.17, 15) is 61.0 Å². The van der Waals surface area contributed by atoms with Crippen molar-refractivity contribution in [3.63, 3.8) is 0 Å². The highest BCUT2D eigenvalue weighted by molar-refractivity contribution is 5.76. The van der Waals surface area contributed by atoms with Crippen LogP contribution in [0.15, 0.2) is 134 Å². The molecule has 3 aliphatic rings. The highest BCUT2D eigenvalue weighted by Gasteiger charge is 2.54. The Bertz CT molecular complexity index is 2450. The first-order valence-electron chi connectivity index (χ1n) is 41.9. The van der Waals surface area contributed by atoms with Crippen molar-refractivity contribution in [2.45, 2.75) is 388 Å². The fraction of sp³-hybridized carbons (Fsp3) is 0.739. The van der Waals surface area contributed by atoms with Crippen molar-refractivity contribution in [3.8, 4) is 0 Å². The first kappa shape index (κ1) is 97.1. The van der Waals surface area contributed by atoms with Crippen molar-refractivity contribution in [1.82, 2.24) is 5.32 Å². The van der Waals surface area contributed by atoms with Crippen molar-refractivity contribution in [2.24, 2.45) is 0 Å². The molecule has 1 amide bonds. The molecule has 0 radical (unpaired) electrons. The second-order valence-electron chi connectivity index (χ2n) is 29.2. The number of carbonyl (C=O) groups is 1. The molecule has 0 aromatic heterocycles. The van der Waals surface area contributed by atoms with Crippen LogP contribution in [0.5, 0.6) is 0 Å². The van der Waals surface area contributed by atoms with Crippen molar-refractivity contribution in [1.29, 1.82) is 0 Å². The number of amides is 1. The number of hydrogen-bond donors (Lipinski definition) is 12. The number of hydrogen-bond acceptors (Lipinski definition) is 18. The molecule has 17 atom stereocenters. The summed E-state index contributed by atoms with van der Waals surface area (Å²) in [5, 5.41) is 121. The molecule has 3 aliphatic heterocycles. The second kappa shape index (κ2) is 66.5. The molecule has 614 valence electrons. The van der Waals surface area contributed by atoms with Crippen molar-refractivity contribution < 1.29 is 89.4 Å². The van der Waals surface area contributed by atoms with Gasteiger partial charge in [0.15, 0.2) is 18.9 Å². The third kappa shape index (κ3) is 45.9. The van der Waals surface area contributed by atoms with Crippen molar-refractivity contribution >= 4 is 5.91 Å². The van der Waals surface area contributed by atoms with Crippen LogP contribution >= 0.6 is 0 Å². The maximum Gasteiger partial charge on any atom is 0.220 e. The Morgan fingerprint density at radius 3 is 1.05 bits per heavy atom. The summed E-state index contributed by atoms with van der Waals surface area (Å²) >= 11 is 0. The van der Waals surface area contributed by atoms with Crippen molar-refractivity contribution in [3.05, 3.63) is 134 Å². The summed E-state index contributed by atoms with van der Waals surface area (Å²) in [6.45, 7) is 1.61. The van der Waals surface area contributed by atoms with E-state index in [1.54, 1.807) is 6.08 Å². The molecule has 0 aromatic rings. The first-order chi connectivity index (χ1) is 52.3. The minimum atomic E-state index is -1.99. The Hall–Kier alpha value is -4.07. The topological polar surface area (TPSA) is 307 Å². The predicted molar refractivity (Wildman–Crippen MR) is 429 cm³/mol. The molecule has 19 nitrogen and oxygen atoms in total. The van der Waals surface area contributed by atoms with E-state index >= 15 is 0 Å². The molecule has 107 heavy (non-hydrogen) atoms. The van der Waals surface area contributed by atoms with Gasteiger partial charge in [-0.3, -0.25) is 4.79 Å². The van der Waals surface area contributed by atoms with Gasteiger partial charge in [-0.2, -0.15) is 0 Å². The largest absolute Gasteiger partial charge is 0.394 e. The number of unbranched alkanes of at least 4 members (excludes halogenated alkanes) is 29. The minimum absolute atomic E-state index is 0.218. The lowest BCUT2D eigenvalue weighted by molar-refractivity contribution is -0.379. The summed E-state index contributed by atoms with van der Waals surface area (Å²) in [5.74, 6) is -0.298. The number of aliphatic hydroxyl groups excluding tert-OH is 11. The Labute approximate surface area is 645 Å². The lowest BCUT2D eigenvalue weighted by atomic mass is 9.96. The Morgan fingerprint density at radius 2 is 0.654 bits per heavy atom. The van der Waals surface area contributed by atoms with E-state index in [1.165, 1.54) is 141 Å². The Kier molecular flexibility index (Phi) is 60.4. The van der Waals surface area contributed by atoms with Gasteiger partial charge in [0.1, 0.15) is 73.2 Å². The molecule has 0 bridgehead atoms. The average Bonchev–Trinajstić information content (AvgIpc) is 0.781. The highest BCUT2D eigenvalue weighted by atomic mass is 16.8. The number of rotatable bonds is 65. The van der Waals surface area contributed by atoms with Crippen LogP contribution in [0, 0.1) is 0 Å². The summed E-state index contributed by atoms with van der Waals surface area (Å²) in [7, 11) is 0. The summed E-state index contributed by atoms with van der Waals surface area (Å²) in [4.78, 5) is 13.5. The standard InChI is InChI=1S/C88H149NO18/c1-3-5-7-9-11-13-15-17-19-21-23-25-27-29-31-32-33-34-35-36-37-38-40-42-44-46-48-50-52-54-56-58-60-62-64-66-76(94)89-71(72(93)65-63-61-59-57-55-53-51-49-47-45-43-41-39-30-28-26-24-22-20-18-16-14-12-10-8-6-4-2)70-102-86-82(100)79(97)84(74(68-91)104-86)107-88-83(101)80(98)85(75(69-92)105-88)106-87-81(99)78(96)77(95)73(67-90)103-87/h5,7,11,13,17,19,23,25,29,31,33-34,36-37,40,42,47,49,55,57,63,65,71-75,77-88,90-93,95-101H,3-4,6,8-10,12,14-16,18,20-22,24,26-28,30,32,35,38-39,41,43-46,48,50-54,56,58-62,64,66-70H2,1-2H3,(H,89,94)/b7-5-,13-11-,19-17-,25-23-,31-29-,34-33-,37-36-,42-40-,49-47+,57-55+,65-63+. The van der Waals surface area contributed by atoms with E-state index in [0.29, 0.717) is 12.8 Å². The number of nitrogens with one attached hydrogen (secondary N) is 1. The predicted octanol–water partition coefficient (Wildman–Crippen LogP) is 14.8. The van der Waals surface area contributed by atoms with Crippen LogP contribution in [0.3, 0.4) is 0 Å². The fourth-order valence-electron chi connectivity index (χ4n) is 13.2. The van der Waals surface area contributed by atoms with Gasteiger partial charge in [-0.05, 0) is 109 Å². The average molecular weight is 1510 g/mol. The maximum atomic E-state index is 13.5. The third-order valence-corrected chi connectivity index (χ3v) is 19.9. The van der Waals surface area contributed by atoms with Gasteiger partial charge < -0.3 is 89.9 Å². The van der Waals surface area contributed by atoms with Crippen molar-refractivity contribution in [2.75, 3.05) is 26.4 Å². The monoisotopic (exact) mass is 1510 g/mol. The van der Waals surface area contributed by atoms with Gasteiger partial charge in [-0.1, -0.05) is 302 Å². The van der Waals surface area contributed by atoms with Crippen LogP contribution in [0.1, 0.15) is 284 Å². The van der Waals surface area contributed by atoms with E-state index < -0.39 is 124 Å². The molecule has 17 unspecified atom stereocenters. The smallest absolute Gasteiger partial charge is 0.220 e. The van der Waals surface area contributed by atoms with Gasteiger partial charge in [0, 0.05) is 6.42 Å². The van der Waals surface area contributed by atoms with Gasteiger partial charge >= 0.3 is 0 Å². The Balaban J connectivity index is 1.38. The lowest BCUT2D eigenvalue weighted by Crippen LogP contribution is -2.66. The van der Waals surface area contributed by atoms with Crippen LogP contribution in [0.2, 0.25) is 0 Å². The number of ether oxygens (including phenoxy) is 6. The zero-order chi connectivity index (χ0) is 77.4.